The number of rotatable bonds is 9. The number of hydrogen-bond acceptors (Lipinski definition) is 9. The van der Waals surface area contributed by atoms with Crippen LogP contribution in [-0.2, 0) is 9.53 Å². The van der Waals surface area contributed by atoms with E-state index in [0.717, 1.165) is 0 Å². The van der Waals surface area contributed by atoms with Crippen molar-refractivity contribution in [1.29, 1.82) is 0 Å². The van der Waals surface area contributed by atoms with Gasteiger partial charge in [-0.25, -0.2) is 4.39 Å². The van der Waals surface area contributed by atoms with Crippen LogP contribution in [0.3, 0.4) is 0 Å². The Labute approximate surface area is 217 Å². The molecular formula is C26H25ClFNO8. The van der Waals surface area contributed by atoms with Crippen molar-refractivity contribution in [3.8, 4) is 34.3 Å². The van der Waals surface area contributed by atoms with Gasteiger partial charge >= 0.3 is 5.97 Å². The van der Waals surface area contributed by atoms with E-state index >= 15 is 0 Å². The molecule has 0 radical (unpaired) electrons. The number of ether oxygens (including phenoxy) is 5. The summed E-state index contributed by atoms with van der Waals surface area (Å²) in [6.07, 6.45) is 0. The van der Waals surface area contributed by atoms with E-state index in [1.807, 2.05) is 0 Å². The minimum absolute atomic E-state index is 0. The van der Waals surface area contributed by atoms with Crippen LogP contribution < -0.4 is 30.1 Å². The lowest BCUT2D eigenvalue weighted by atomic mass is 10.0. The number of fused-ring (bicyclic) bond motifs is 3. The molecule has 1 heterocycles. The van der Waals surface area contributed by atoms with Crippen molar-refractivity contribution in [3.63, 3.8) is 0 Å². The van der Waals surface area contributed by atoms with Crippen molar-refractivity contribution in [3.05, 3.63) is 58.5 Å². The van der Waals surface area contributed by atoms with Crippen LogP contribution in [0, 0.1) is 5.82 Å². The van der Waals surface area contributed by atoms with E-state index in [2.05, 4.69) is 0 Å². The Hall–Kier alpha value is -4.02. The van der Waals surface area contributed by atoms with Crippen LogP contribution in [-0.4, -0.2) is 47.1 Å². The van der Waals surface area contributed by atoms with Gasteiger partial charge in [-0.1, -0.05) is 12.1 Å². The largest absolute Gasteiger partial charge is 0.496 e. The molecule has 196 valence electrons. The Morgan fingerprint density at radius 3 is 2.24 bits per heavy atom. The number of benzene rings is 3. The zero-order valence-corrected chi connectivity index (χ0v) is 21.1. The molecule has 3 aromatic carbocycles. The SMILES string of the molecule is COc1ccc(OC)c2c1c(OC)cc1c(=O)c(OCCOC(=O)CN)c(-c3cccc(F)c3)oc12.Cl. The third kappa shape index (κ3) is 5.25. The highest BCUT2D eigenvalue weighted by atomic mass is 35.5. The van der Waals surface area contributed by atoms with E-state index in [4.69, 9.17) is 33.8 Å². The zero-order chi connectivity index (χ0) is 25.8. The van der Waals surface area contributed by atoms with Crippen LogP contribution in [0.15, 0.2) is 51.7 Å². The first-order valence-corrected chi connectivity index (χ1v) is 10.9. The Kier molecular flexibility index (Phi) is 8.80. The highest BCUT2D eigenvalue weighted by Crippen LogP contribution is 2.45. The van der Waals surface area contributed by atoms with Gasteiger partial charge in [-0.3, -0.25) is 9.59 Å². The van der Waals surface area contributed by atoms with Gasteiger partial charge in [-0.2, -0.15) is 0 Å². The van der Waals surface area contributed by atoms with Gasteiger partial charge < -0.3 is 33.8 Å². The Morgan fingerprint density at radius 1 is 0.946 bits per heavy atom. The van der Waals surface area contributed by atoms with E-state index in [1.165, 1.54) is 45.6 Å². The van der Waals surface area contributed by atoms with Crippen molar-refractivity contribution in [1.82, 2.24) is 0 Å². The molecule has 2 N–H and O–H groups in total. The predicted molar refractivity (Wildman–Crippen MR) is 138 cm³/mol. The Bertz CT molecular complexity index is 1500. The number of methoxy groups -OCH3 is 3. The van der Waals surface area contributed by atoms with E-state index in [9.17, 15) is 14.0 Å². The van der Waals surface area contributed by atoms with Crippen LogP contribution in [0.1, 0.15) is 0 Å². The smallest absolute Gasteiger partial charge is 0.319 e. The second kappa shape index (κ2) is 11.8. The van der Waals surface area contributed by atoms with Gasteiger partial charge in [0, 0.05) is 5.56 Å². The maximum Gasteiger partial charge on any atom is 0.319 e. The molecule has 0 spiro atoms. The molecule has 4 rings (SSSR count). The fourth-order valence-electron chi connectivity index (χ4n) is 3.90. The molecule has 0 aliphatic rings. The predicted octanol–water partition coefficient (Wildman–Crippen LogP) is 4.08. The average molecular weight is 534 g/mol. The lowest BCUT2D eigenvalue weighted by molar-refractivity contribution is -0.142. The minimum atomic E-state index is -0.619. The van der Waals surface area contributed by atoms with Crippen LogP contribution in [0.4, 0.5) is 4.39 Å². The van der Waals surface area contributed by atoms with Crippen molar-refractivity contribution < 1.29 is 37.3 Å². The van der Waals surface area contributed by atoms with Gasteiger partial charge in [0.05, 0.1) is 44.0 Å². The zero-order valence-electron chi connectivity index (χ0n) is 20.3. The molecule has 0 aliphatic carbocycles. The minimum Gasteiger partial charge on any atom is -0.496 e. The molecule has 0 fully saturated rings. The van der Waals surface area contributed by atoms with E-state index in [-0.39, 0.29) is 60.2 Å². The van der Waals surface area contributed by atoms with Crippen molar-refractivity contribution in [2.45, 2.75) is 0 Å². The van der Waals surface area contributed by atoms with E-state index in [1.54, 1.807) is 18.2 Å². The number of carbonyl (C=O) groups excluding carboxylic acids is 1. The van der Waals surface area contributed by atoms with Crippen LogP contribution in [0.25, 0.3) is 33.1 Å². The van der Waals surface area contributed by atoms with Crippen LogP contribution in [0.5, 0.6) is 23.0 Å². The summed E-state index contributed by atoms with van der Waals surface area (Å²) in [5, 5.41) is 1.10. The molecule has 37 heavy (non-hydrogen) atoms. The lowest BCUT2D eigenvalue weighted by Gasteiger charge is -2.17. The van der Waals surface area contributed by atoms with E-state index < -0.39 is 17.2 Å². The molecule has 0 amide bonds. The monoisotopic (exact) mass is 533 g/mol. The summed E-state index contributed by atoms with van der Waals surface area (Å²) in [4.78, 5) is 25.1. The van der Waals surface area contributed by atoms with Crippen molar-refractivity contribution in [2.75, 3.05) is 41.1 Å². The number of carbonyl (C=O) groups is 1. The summed E-state index contributed by atoms with van der Waals surface area (Å²) in [6, 6.07) is 10.5. The summed E-state index contributed by atoms with van der Waals surface area (Å²) >= 11 is 0. The first-order valence-electron chi connectivity index (χ1n) is 10.9. The highest BCUT2D eigenvalue weighted by molar-refractivity contribution is 6.13. The van der Waals surface area contributed by atoms with Gasteiger partial charge in [0.2, 0.25) is 11.2 Å². The second-order valence-electron chi connectivity index (χ2n) is 7.55. The molecule has 0 saturated heterocycles. The molecule has 0 unspecified atom stereocenters. The molecule has 0 bridgehead atoms. The van der Waals surface area contributed by atoms with Gasteiger partial charge in [-0.15, -0.1) is 12.4 Å². The maximum absolute atomic E-state index is 14.1. The van der Waals surface area contributed by atoms with E-state index in [0.29, 0.717) is 28.0 Å². The van der Waals surface area contributed by atoms with Gasteiger partial charge in [-0.05, 0) is 30.3 Å². The van der Waals surface area contributed by atoms with Gasteiger partial charge in [0.25, 0.3) is 0 Å². The fourth-order valence-corrected chi connectivity index (χ4v) is 3.90. The molecule has 0 aliphatic heterocycles. The van der Waals surface area contributed by atoms with Crippen LogP contribution >= 0.6 is 12.4 Å². The maximum atomic E-state index is 14.1. The standard InChI is InChI=1S/C26H24FNO8.ClH/c1-31-17-7-8-18(32-2)22-21(17)19(33-3)12-16-23(30)26(35-10-9-34-20(29)13-28)24(36-25(16)22)14-5-4-6-15(27)11-14;/h4-8,11-12H,9-10,13,28H2,1-3H3;1H. The third-order valence-electron chi connectivity index (χ3n) is 5.49. The lowest BCUT2D eigenvalue weighted by Crippen LogP contribution is -2.21. The van der Waals surface area contributed by atoms with Gasteiger partial charge in [0.1, 0.15) is 36.3 Å². The summed E-state index contributed by atoms with van der Waals surface area (Å²) in [5.74, 6) is -0.105. The molecule has 9 nitrogen and oxygen atoms in total. The summed E-state index contributed by atoms with van der Waals surface area (Å²) in [6.45, 7) is -0.598. The number of hydrogen-bond donors (Lipinski definition) is 1. The molecule has 0 saturated carbocycles. The molecule has 0 atom stereocenters. The van der Waals surface area contributed by atoms with Crippen LogP contribution in [0.2, 0.25) is 0 Å². The first-order chi connectivity index (χ1) is 17.4. The quantitative estimate of drug-likeness (QED) is 0.193. The normalized spacial score (nSPS) is 10.6. The third-order valence-corrected chi connectivity index (χ3v) is 5.49. The number of nitrogens with two attached hydrogens (primary N) is 1. The summed E-state index contributed by atoms with van der Waals surface area (Å²) in [7, 11) is 4.46. The molecule has 1 aromatic heterocycles. The number of esters is 1. The number of halogens is 2. The highest BCUT2D eigenvalue weighted by Gasteiger charge is 2.24. The average Bonchev–Trinajstić information content (AvgIpc) is 2.90. The summed E-state index contributed by atoms with van der Waals surface area (Å²) in [5.41, 5.74) is 5.15. The molecule has 11 heteroatoms. The fraction of sp³-hybridized carbons (Fsp3) is 0.231. The van der Waals surface area contributed by atoms with Crippen molar-refractivity contribution in [2.24, 2.45) is 5.73 Å². The summed E-state index contributed by atoms with van der Waals surface area (Å²) < 4.78 is 47.6. The molecular weight excluding hydrogens is 509 g/mol. The van der Waals surface area contributed by atoms with Gasteiger partial charge in [0.15, 0.2) is 11.3 Å². The van der Waals surface area contributed by atoms with Crippen molar-refractivity contribution >= 4 is 40.1 Å². The first kappa shape index (κ1) is 27.6. The Balaban J connectivity index is 0.00000380. The molecule has 4 aromatic rings. The second-order valence-corrected chi connectivity index (χ2v) is 7.55. The Morgan fingerprint density at radius 2 is 1.62 bits per heavy atom. The topological polar surface area (TPSA) is 119 Å².